The van der Waals surface area contributed by atoms with E-state index in [0.29, 0.717) is 19.3 Å². The minimum atomic E-state index is -0.819. The molecule has 0 rings (SSSR count). The highest BCUT2D eigenvalue weighted by Gasteiger charge is 2.19. The second kappa shape index (κ2) is 62.4. The molecule has 0 radical (unpaired) electrons. The first-order chi connectivity index (χ1) is 37.0. The van der Waals surface area contributed by atoms with Gasteiger partial charge in [0.1, 0.15) is 13.2 Å². The summed E-state index contributed by atoms with van der Waals surface area (Å²) < 4.78 is 16.8. The van der Waals surface area contributed by atoms with E-state index in [9.17, 15) is 14.4 Å². The minimum absolute atomic E-state index is 0.109. The highest BCUT2D eigenvalue weighted by Crippen LogP contribution is 2.16. The SMILES string of the molecule is CC/C=C\C/C=C\C/C=C\C/C=C\C/C=C\CCCCCCCCCCCCCCCCCCCC(=O)OCC(COC(=O)CCCCCCC/C=C\CCCC)OC(=O)CC/C=C\C/C=C\C/C=C\C/C=C\CC. The Labute approximate surface area is 462 Å². The van der Waals surface area contributed by atoms with Gasteiger partial charge >= 0.3 is 17.9 Å². The van der Waals surface area contributed by atoms with Gasteiger partial charge in [0.2, 0.25) is 0 Å². The Morgan fingerprint density at radius 1 is 0.280 bits per heavy atom. The van der Waals surface area contributed by atoms with Crippen molar-refractivity contribution in [2.75, 3.05) is 13.2 Å². The Kier molecular flexibility index (Phi) is 58.9. The summed E-state index contributed by atoms with van der Waals surface area (Å²) in [6.45, 7) is 6.30. The topological polar surface area (TPSA) is 78.9 Å². The fourth-order valence-electron chi connectivity index (χ4n) is 8.35. The number of rotatable bonds is 55. The number of hydrogen-bond donors (Lipinski definition) is 0. The Morgan fingerprint density at radius 2 is 0.547 bits per heavy atom. The van der Waals surface area contributed by atoms with Gasteiger partial charge in [-0.3, -0.25) is 14.4 Å². The van der Waals surface area contributed by atoms with Crippen LogP contribution in [0.4, 0.5) is 0 Å². The van der Waals surface area contributed by atoms with E-state index in [1.54, 1.807) is 0 Å². The van der Waals surface area contributed by atoms with E-state index >= 15 is 0 Å². The van der Waals surface area contributed by atoms with Crippen molar-refractivity contribution >= 4 is 17.9 Å². The van der Waals surface area contributed by atoms with Crippen LogP contribution in [0, 0.1) is 0 Å². The molecule has 0 spiro atoms. The smallest absolute Gasteiger partial charge is 0.306 e. The number of hydrogen-bond acceptors (Lipinski definition) is 6. The predicted octanol–water partition coefficient (Wildman–Crippen LogP) is 21.2. The average Bonchev–Trinajstić information content (AvgIpc) is 3.41. The molecule has 426 valence electrons. The Morgan fingerprint density at radius 3 is 0.880 bits per heavy atom. The quantitative estimate of drug-likeness (QED) is 0.0261. The van der Waals surface area contributed by atoms with Gasteiger partial charge in [0, 0.05) is 19.3 Å². The summed E-state index contributed by atoms with van der Waals surface area (Å²) in [5, 5.41) is 0. The molecule has 0 aliphatic carbocycles. The number of carbonyl (C=O) groups is 3. The molecule has 6 nitrogen and oxygen atoms in total. The van der Waals surface area contributed by atoms with Crippen LogP contribution in [0.25, 0.3) is 0 Å². The van der Waals surface area contributed by atoms with E-state index in [0.717, 1.165) is 109 Å². The zero-order chi connectivity index (χ0) is 54.3. The summed E-state index contributed by atoms with van der Waals surface area (Å²) in [4.78, 5) is 38.1. The summed E-state index contributed by atoms with van der Waals surface area (Å²) in [6, 6.07) is 0. The van der Waals surface area contributed by atoms with E-state index in [-0.39, 0.29) is 31.6 Å². The molecule has 0 amide bonds. The first-order valence-corrected chi connectivity index (χ1v) is 31.0. The van der Waals surface area contributed by atoms with Gasteiger partial charge in [-0.2, -0.15) is 0 Å². The van der Waals surface area contributed by atoms with Crippen LogP contribution in [0.5, 0.6) is 0 Å². The fourth-order valence-corrected chi connectivity index (χ4v) is 8.35. The zero-order valence-electron chi connectivity index (χ0n) is 48.8. The molecule has 0 aromatic carbocycles. The summed E-state index contributed by atoms with van der Waals surface area (Å²) in [5.74, 6) is -1.000. The largest absolute Gasteiger partial charge is 0.462 e. The molecule has 0 aliphatic heterocycles. The fraction of sp³-hybridized carbons (Fsp3) is 0.667. The summed E-state index contributed by atoms with van der Waals surface area (Å²) in [7, 11) is 0. The van der Waals surface area contributed by atoms with Gasteiger partial charge in [-0.1, -0.05) is 271 Å². The minimum Gasteiger partial charge on any atom is -0.462 e. The molecule has 0 saturated heterocycles. The summed E-state index contributed by atoms with van der Waals surface area (Å²) >= 11 is 0. The molecule has 6 heteroatoms. The number of ether oxygens (including phenoxy) is 3. The van der Waals surface area contributed by atoms with Crippen LogP contribution >= 0.6 is 0 Å². The number of carbonyl (C=O) groups excluding carboxylic acids is 3. The van der Waals surface area contributed by atoms with Gasteiger partial charge in [0.15, 0.2) is 6.10 Å². The maximum Gasteiger partial charge on any atom is 0.306 e. The van der Waals surface area contributed by atoms with Crippen molar-refractivity contribution in [2.45, 2.75) is 284 Å². The molecule has 0 N–H and O–H groups in total. The Balaban J connectivity index is 4.14. The molecular formula is C69H114O6. The van der Waals surface area contributed by atoms with Crippen molar-refractivity contribution in [3.05, 3.63) is 122 Å². The van der Waals surface area contributed by atoms with Crippen molar-refractivity contribution in [1.82, 2.24) is 0 Å². The maximum atomic E-state index is 12.8. The van der Waals surface area contributed by atoms with Crippen LogP contribution in [0.2, 0.25) is 0 Å². The third-order valence-electron chi connectivity index (χ3n) is 12.9. The van der Waals surface area contributed by atoms with Gasteiger partial charge in [-0.05, 0) is 109 Å². The lowest BCUT2D eigenvalue weighted by Gasteiger charge is -2.18. The standard InChI is InChI=1S/C69H114O6/c1-4-7-10-13-16-19-22-24-25-26-27-28-29-30-31-32-33-34-35-36-37-38-39-40-41-42-43-45-47-50-53-56-59-62-68(71)74-65-66(64-73-67(70)61-58-55-52-49-46-21-18-15-12-9-6-3)75-69(72)63-60-57-54-51-48-44-23-20-17-14-11-8-5-2/h7-8,10-11,15-20,24-25,27-28,30-31,44,48,54,57,66H,4-6,9,12-14,21-23,26,29,32-43,45-47,49-53,55-56,58-65H2,1-3H3/b10-7-,11-8-,18-15-,19-16-,20-17-,25-24-,28-27-,31-30-,48-44-,57-54-. The van der Waals surface area contributed by atoms with Crippen molar-refractivity contribution in [2.24, 2.45) is 0 Å². The van der Waals surface area contributed by atoms with E-state index in [1.165, 1.54) is 122 Å². The van der Waals surface area contributed by atoms with Crippen LogP contribution < -0.4 is 0 Å². The summed E-state index contributed by atoms with van der Waals surface area (Å²) in [6.07, 6.45) is 86.7. The van der Waals surface area contributed by atoms with Crippen LogP contribution in [-0.4, -0.2) is 37.2 Å². The highest BCUT2D eigenvalue weighted by atomic mass is 16.6. The molecule has 0 heterocycles. The number of esters is 3. The number of unbranched alkanes of at least 4 members (excludes halogenated alkanes) is 24. The van der Waals surface area contributed by atoms with E-state index < -0.39 is 12.1 Å². The first kappa shape index (κ1) is 70.8. The van der Waals surface area contributed by atoms with E-state index in [2.05, 4.69) is 130 Å². The Hall–Kier alpha value is -4.19. The van der Waals surface area contributed by atoms with Gasteiger partial charge in [0.25, 0.3) is 0 Å². The molecule has 0 saturated carbocycles. The van der Waals surface area contributed by atoms with Crippen molar-refractivity contribution < 1.29 is 28.6 Å². The molecule has 1 atom stereocenters. The first-order valence-electron chi connectivity index (χ1n) is 31.0. The van der Waals surface area contributed by atoms with E-state index in [1.807, 2.05) is 12.2 Å². The zero-order valence-corrected chi connectivity index (χ0v) is 48.8. The van der Waals surface area contributed by atoms with Gasteiger partial charge < -0.3 is 14.2 Å². The Bertz CT molecular complexity index is 1570. The second-order valence-electron chi connectivity index (χ2n) is 20.2. The predicted molar refractivity (Wildman–Crippen MR) is 325 cm³/mol. The lowest BCUT2D eigenvalue weighted by molar-refractivity contribution is -0.166. The third-order valence-corrected chi connectivity index (χ3v) is 12.9. The van der Waals surface area contributed by atoms with Crippen LogP contribution in [-0.2, 0) is 28.6 Å². The molecule has 1 unspecified atom stereocenters. The molecule has 0 bridgehead atoms. The summed E-state index contributed by atoms with van der Waals surface area (Å²) in [5.41, 5.74) is 0. The van der Waals surface area contributed by atoms with Crippen molar-refractivity contribution in [3.8, 4) is 0 Å². The monoisotopic (exact) mass is 1040 g/mol. The number of allylic oxidation sites excluding steroid dienone is 20. The molecular weight excluding hydrogens is 925 g/mol. The molecule has 75 heavy (non-hydrogen) atoms. The lowest BCUT2D eigenvalue weighted by atomic mass is 10.0. The molecule has 0 aromatic rings. The van der Waals surface area contributed by atoms with Gasteiger partial charge in [-0.25, -0.2) is 0 Å². The average molecular weight is 1040 g/mol. The van der Waals surface area contributed by atoms with E-state index in [4.69, 9.17) is 14.2 Å². The third kappa shape index (κ3) is 60.6. The van der Waals surface area contributed by atoms with Crippen LogP contribution in [0.1, 0.15) is 278 Å². The lowest BCUT2D eigenvalue weighted by Crippen LogP contribution is -2.30. The highest BCUT2D eigenvalue weighted by molar-refractivity contribution is 5.71. The van der Waals surface area contributed by atoms with Gasteiger partial charge in [0.05, 0.1) is 0 Å². The van der Waals surface area contributed by atoms with Crippen molar-refractivity contribution in [1.29, 1.82) is 0 Å². The van der Waals surface area contributed by atoms with Crippen LogP contribution in [0.15, 0.2) is 122 Å². The molecule has 0 fully saturated rings. The van der Waals surface area contributed by atoms with Crippen molar-refractivity contribution in [3.63, 3.8) is 0 Å². The normalized spacial score (nSPS) is 12.9. The maximum absolute atomic E-state index is 12.8. The molecule has 0 aromatic heterocycles. The van der Waals surface area contributed by atoms with Crippen LogP contribution in [0.3, 0.4) is 0 Å². The van der Waals surface area contributed by atoms with Gasteiger partial charge in [-0.15, -0.1) is 0 Å². The molecule has 0 aliphatic rings. The second-order valence-corrected chi connectivity index (χ2v) is 20.2.